The van der Waals surface area contributed by atoms with Crippen LogP contribution in [0.15, 0.2) is 65.3 Å². The number of hydrogen-bond acceptors (Lipinski definition) is 6. The number of halogens is 1. The molecule has 0 aromatic heterocycles. The van der Waals surface area contributed by atoms with E-state index in [9.17, 15) is 14.4 Å². The number of rotatable bonds is 5. The molecule has 1 atom stereocenters. The van der Waals surface area contributed by atoms with Gasteiger partial charge in [-0.2, -0.15) is 5.26 Å². The topological polar surface area (TPSA) is 94.6 Å². The molecule has 0 saturated carbocycles. The quantitative estimate of drug-likeness (QED) is 0.778. The molecule has 0 unspecified atom stereocenters. The minimum Gasteiger partial charge on any atom is -0.493 e. The maximum Gasteiger partial charge on any atom is 0.205 e. The number of carbonyl (C=O) groups excluding carboxylic acids is 1. The number of benzene rings is 2. The third kappa shape index (κ3) is 3.97. The molecule has 0 radical (unpaired) electrons. The summed E-state index contributed by atoms with van der Waals surface area (Å²) in [5.74, 6) is 0.539. The van der Waals surface area contributed by atoms with E-state index in [0.717, 1.165) is 5.56 Å². The average Bonchev–Trinajstić information content (AvgIpc) is 2.78. The van der Waals surface area contributed by atoms with Gasteiger partial charge >= 0.3 is 0 Å². The van der Waals surface area contributed by atoms with Crippen molar-refractivity contribution in [3.63, 3.8) is 0 Å². The Kier molecular flexibility index (Phi) is 5.63. The Morgan fingerprint density at radius 1 is 1.19 bits per heavy atom. The zero-order chi connectivity index (χ0) is 22.0. The summed E-state index contributed by atoms with van der Waals surface area (Å²) in [6.07, 6.45) is 1.71. The van der Waals surface area contributed by atoms with Gasteiger partial charge in [-0.05, 0) is 41.8 Å². The first kappa shape index (κ1) is 20.5. The summed E-state index contributed by atoms with van der Waals surface area (Å²) in [5.41, 5.74) is 8.19. The fourth-order valence-electron chi connectivity index (χ4n) is 3.91. The Morgan fingerprint density at radius 2 is 1.97 bits per heavy atom. The van der Waals surface area contributed by atoms with E-state index >= 15 is 0 Å². The van der Waals surface area contributed by atoms with Crippen LogP contribution in [0.4, 0.5) is 4.39 Å². The van der Waals surface area contributed by atoms with E-state index in [4.69, 9.17) is 19.9 Å². The van der Waals surface area contributed by atoms with Crippen LogP contribution >= 0.6 is 0 Å². The lowest BCUT2D eigenvalue weighted by Crippen LogP contribution is -2.27. The predicted molar refractivity (Wildman–Crippen MR) is 110 cm³/mol. The molecule has 2 aromatic carbocycles. The van der Waals surface area contributed by atoms with Crippen molar-refractivity contribution in [3.05, 3.63) is 82.2 Å². The predicted octanol–water partition coefficient (Wildman–Crippen LogP) is 4.23. The number of nitriles is 1. The Bertz CT molecular complexity index is 1130. The SMILES string of the molecule is COc1cc([C@@H]2C(C#N)=C(N)OC3=C2C(=O)CCC3)ccc1OCc1ccc(F)cc1. The van der Waals surface area contributed by atoms with Gasteiger partial charge in [-0.3, -0.25) is 4.79 Å². The number of Topliss-reactive ketones (excluding diaryl/α,β-unsaturated/α-hetero) is 1. The Hall–Kier alpha value is -3.79. The zero-order valence-electron chi connectivity index (χ0n) is 17.0. The van der Waals surface area contributed by atoms with Crippen LogP contribution in [0.2, 0.25) is 0 Å². The molecule has 0 fully saturated rings. The third-order valence-electron chi connectivity index (χ3n) is 5.43. The first-order valence-electron chi connectivity index (χ1n) is 9.90. The van der Waals surface area contributed by atoms with Crippen molar-refractivity contribution >= 4 is 5.78 Å². The second-order valence-corrected chi connectivity index (χ2v) is 7.36. The molecule has 158 valence electrons. The first-order valence-corrected chi connectivity index (χ1v) is 9.90. The van der Waals surface area contributed by atoms with E-state index in [-0.39, 0.29) is 29.7 Å². The second-order valence-electron chi connectivity index (χ2n) is 7.36. The number of nitrogens with two attached hydrogens (primary N) is 1. The summed E-state index contributed by atoms with van der Waals surface area (Å²) in [4.78, 5) is 12.7. The number of ketones is 1. The number of methoxy groups -OCH3 is 1. The van der Waals surface area contributed by atoms with Gasteiger partial charge < -0.3 is 19.9 Å². The molecule has 2 aliphatic rings. The van der Waals surface area contributed by atoms with Gasteiger partial charge in [-0.15, -0.1) is 0 Å². The van der Waals surface area contributed by atoms with Crippen LogP contribution in [-0.4, -0.2) is 12.9 Å². The van der Waals surface area contributed by atoms with E-state index in [1.807, 2.05) is 0 Å². The number of allylic oxidation sites excluding steroid dienone is 3. The van der Waals surface area contributed by atoms with Crippen LogP contribution < -0.4 is 15.2 Å². The standard InChI is InChI=1S/C24H21FN2O4/c1-29-21-11-15(7-10-19(21)30-13-14-5-8-16(25)9-6-14)22-17(12-26)24(27)31-20-4-2-3-18(28)23(20)22/h5-11,22H,2-4,13,27H2,1H3/t22-/m1/s1. The van der Waals surface area contributed by atoms with Gasteiger partial charge in [0.1, 0.15) is 29.8 Å². The Morgan fingerprint density at radius 3 is 2.68 bits per heavy atom. The molecular formula is C24H21FN2O4. The normalized spacial score (nSPS) is 18.2. The summed E-state index contributed by atoms with van der Waals surface area (Å²) in [7, 11) is 1.51. The van der Waals surface area contributed by atoms with E-state index in [2.05, 4.69) is 6.07 Å². The van der Waals surface area contributed by atoms with E-state index in [1.54, 1.807) is 30.3 Å². The maximum atomic E-state index is 13.1. The molecule has 0 saturated heterocycles. The third-order valence-corrected chi connectivity index (χ3v) is 5.43. The number of ether oxygens (including phenoxy) is 3. The monoisotopic (exact) mass is 420 g/mol. The second kappa shape index (κ2) is 8.52. The van der Waals surface area contributed by atoms with Gasteiger partial charge in [0.25, 0.3) is 0 Å². The smallest absolute Gasteiger partial charge is 0.205 e. The molecule has 2 N–H and O–H groups in total. The highest BCUT2D eigenvalue weighted by atomic mass is 19.1. The molecule has 1 aliphatic carbocycles. The van der Waals surface area contributed by atoms with E-state index in [1.165, 1.54) is 19.2 Å². The minimum absolute atomic E-state index is 0.0246. The molecule has 2 aromatic rings. The van der Waals surface area contributed by atoms with Gasteiger partial charge in [0, 0.05) is 18.4 Å². The minimum atomic E-state index is -0.610. The Labute approximate surface area is 179 Å². The molecule has 0 bridgehead atoms. The summed E-state index contributed by atoms with van der Waals surface area (Å²) >= 11 is 0. The van der Waals surface area contributed by atoms with Gasteiger partial charge in [0.2, 0.25) is 5.88 Å². The highest BCUT2D eigenvalue weighted by molar-refractivity contribution is 5.99. The lowest BCUT2D eigenvalue weighted by Gasteiger charge is -2.31. The highest BCUT2D eigenvalue weighted by Crippen LogP contribution is 2.45. The molecule has 6 nitrogen and oxygen atoms in total. The lowest BCUT2D eigenvalue weighted by atomic mass is 9.77. The molecule has 31 heavy (non-hydrogen) atoms. The molecule has 1 aliphatic heterocycles. The summed E-state index contributed by atoms with van der Waals surface area (Å²) < 4.78 is 30.0. The van der Waals surface area contributed by atoms with Gasteiger partial charge in [-0.25, -0.2) is 4.39 Å². The molecule has 0 amide bonds. The van der Waals surface area contributed by atoms with Gasteiger partial charge in [0.15, 0.2) is 17.3 Å². The number of nitrogens with zero attached hydrogens (tertiary/aromatic N) is 1. The summed E-state index contributed by atoms with van der Waals surface area (Å²) in [5, 5.41) is 9.70. The highest BCUT2D eigenvalue weighted by Gasteiger charge is 2.38. The fraction of sp³-hybridized carbons (Fsp3) is 0.250. The van der Waals surface area contributed by atoms with Crippen molar-refractivity contribution in [1.82, 2.24) is 0 Å². The Balaban J connectivity index is 1.67. The van der Waals surface area contributed by atoms with Crippen LogP contribution in [0.1, 0.15) is 36.3 Å². The molecule has 1 heterocycles. The summed E-state index contributed by atoms with van der Waals surface area (Å²) in [6, 6.07) is 13.4. The van der Waals surface area contributed by atoms with Crippen molar-refractivity contribution < 1.29 is 23.4 Å². The average molecular weight is 420 g/mol. The van der Waals surface area contributed by atoms with Crippen molar-refractivity contribution in [2.75, 3.05) is 7.11 Å². The van der Waals surface area contributed by atoms with Gasteiger partial charge in [-0.1, -0.05) is 18.2 Å². The van der Waals surface area contributed by atoms with Crippen molar-refractivity contribution in [2.45, 2.75) is 31.8 Å². The molecule has 4 rings (SSSR count). The van der Waals surface area contributed by atoms with Crippen LogP contribution in [-0.2, 0) is 16.1 Å². The fourth-order valence-corrected chi connectivity index (χ4v) is 3.91. The van der Waals surface area contributed by atoms with Crippen LogP contribution in [0.5, 0.6) is 11.5 Å². The molecule has 0 spiro atoms. The molecular weight excluding hydrogens is 399 g/mol. The van der Waals surface area contributed by atoms with E-state index in [0.29, 0.717) is 47.7 Å². The molecule has 7 heteroatoms. The number of hydrogen-bond donors (Lipinski definition) is 1. The van der Waals surface area contributed by atoms with Gasteiger partial charge in [0.05, 0.1) is 13.0 Å². The van der Waals surface area contributed by atoms with Crippen LogP contribution in [0, 0.1) is 17.1 Å². The van der Waals surface area contributed by atoms with Crippen molar-refractivity contribution in [3.8, 4) is 17.6 Å². The number of carbonyl (C=O) groups is 1. The maximum absolute atomic E-state index is 13.1. The van der Waals surface area contributed by atoms with Crippen LogP contribution in [0.25, 0.3) is 0 Å². The zero-order valence-corrected chi connectivity index (χ0v) is 17.0. The van der Waals surface area contributed by atoms with Crippen LogP contribution in [0.3, 0.4) is 0 Å². The van der Waals surface area contributed by atoms with Crippen molar-refractivity contribution in [2.24, 2.45) is 5.73 Å². The lowest BCUT2D eigenvalue weighted by molar-refractivity contribution is -0.116. The van der Waals surface area contributed by atoms with E-state index < -0.39 is 5.92 Å². The summed E-state index contributed by atoms with van der Waals surface area (Å²) in [6.45, 7) is 0.233. The van der Waals surface area contributed by atoms with Crippen molar-refractivity contribution in [1.29, 1.82) is 5.26 Å². The first-order chi connectivity index (χ1) is 15.0. The largest absolute Gasteiger partial charge is 0.493 e.